The van der Waals surface area contributed by atoms with Gasteiger partial charge in [-0.05, 0) is 12.1 Å². The van der Waals surface area contributed by atoms with Crippen molar-refractivity contribution in [2.75, 3.05) is 19.8 Å². The molecule has 0 unspecified atom stereocenters. The van der Waals surface area contributed by atoms with Crippen molar-refractivity contribution in [3.8, 4) is 0 Å². The number of fused-ring (bicyclic) bond motifs is 1. The minimum atomic E-state index is -0.142. The zero-order chi connectivity index (χ0) is 12.1. The summed E-state index contributed by atoms with van der Waals surface area (Å²) in [5.41, 5.74) is 1.44. The summed E-state index contributed by atoms with van der Waals surface area (Å²) >= 11 is 0. The van der Waals surface area contributed by atoms with Crippen LogP contribution in [0.2, 0.25) is 0 Å². The number of nitrogens with zero attached hydrogens (tertiary/aromatic N) is 2. The second kappa shape index (κ2) is 5.56. The maximum absolute atomic E-state index is 11.7. The minimum absolute atomic E-state index is 0.00794. The molecular weight excluding hydrogens is 220 g/mol. The van der Waals surface area contributed by atoms with Crippen LogP contribution in [0.15, 0.2) is 35.3 Å². The first-order valence-electron chi connectivity index (χ1n) is 5.46. The Morgan fingerprint density at radius 2 is 2.12 bits per heavy atom. The third-order valence-corrected chi connectivity index (χ3v) is 2.45. The highest BCUT2D eigenvalue weighted by atomic mass is 16.5. The van der Waals surface area contributed by atoms with E-state index in [1.54, 1.807) is 4.57 Å². The highest BCUT2D eigenvalue weighted by Gasteiger charge is 2.02. The maximum Gasteiger partial charge on any atom is 0.269 e. The summed E-state index contributed by atoms with van der Waals surface area (Å²) in [6.07, 6.45) is 1.31. The summed E-state index contributed by atoms with van der Waals surface area (Å²) in [7, 11) is 0. The van der Waals surface area contributed by atoms with E-state index in [1.165, 1.54) is 6.20 Å². The average Bonchev–Trinajstić information content (AvgIpc) is 2.37. The number of aromatic nitrogens is 2. The van der Waals surface area contributed by atoms with Gasteiger partial charge in [0.1, 0.15) is 0 Å². The van der Waals surface area contributed by atoms with Gasteiger partial charge in [0.05, 0.1) is 37.1 Å². The van der Waals surface area contributed by atoms with Crippen LogP contribution in [-0.4, -0.2) is 34.5 Å². The van der Waals surface area contributed by atoms with Gasteiger partial charge in [-0.1, -0.05) is 12.1 Å². The van der Waals surface area contributed by atoms with Gasteiger partial charge in [-0.2, -0.15) is 0 Å². The molecule has 0 saturated carbocycles. The minimum Gasteiger partial charge on any atom is -0.394 e. The molecule has 0 aliphatic carbocycles. The lowest BCUT2D eigenvalue weighted by Gasteiger charge is -2.09. The second-order valence-electron chi connectivity index (χ2n) is 3.57. The van der Waals surface area contributed by atoms with Crippen LogP contribution in [0.25, 0.3) is 11.0 Å². The van der Waals surface area contributed by atoms with Crippen molar-refractivity contribution in [2.45, 2.75) is 6.54 Å². The summed E-state index contributed by atoms with van der Waals surface area (Å²) < 4.78 is 6.79. The molecule has 2 aromatic rings. The second-order valence-corrected chi connectivity index (χ2v) is 3.57. The number of hydrogen-bond donors (Lipinski definition) is 1. The molecule has 17 heavy (non-hydrogen) atoms. The zero-order valence-electron chi connectivity index (χ0n) is 9.37. The van der Waals surface area contributed by atoms with Gasteiger partial charge in [0.2, 0.25) is 0 Å². The van der Waals surface area contributed by atoms with Crippen LogP contribution in [0.5, 0.6) is 0 Å². The number of benzene rings is 1. The molecule has 5 nitrogen and oxygen atoms in total. The Bertz CT molecular complexity index is 551. The molecule has 0 radical (unpaired) electrons. The van der Waals surface area contributed by atoms with Gasteiger partial charge in [-0.15, -0.1) is 0 Å². The Labute approximate surface area is 98.3 Å². The molecule has 0 aliphatic rings. The molecule has 1 heterocycles. The maximum atomic E-state index is 11.7. The third kappa shape index (κ3) is 2.69. The normalized spacial score (nSPS) is 10.9. The number of ether oxygens (including phenoxy) is 1. The predicted molar refractivity (Wildman–Crippen MR) is 63.9 cm³/mol. The molecule has 0 aliphatic heterocycles. The Hall–Kier alpha value is -1.72. The molecule has 0 atom stereocenters. The molecule has 0 fully saturated rings. The lowest BCUT2D eigenvalue weighted by molar-refractivity contribution is 0.0871. The Morgan fingerprint density at radius 1 is 1.29 bits per heavy atom. The van der Waals surface area contributed by atoms with Gasteiger partial charge >= 0.3 is 0 Å². The van der Waals surface area contributed by atoms with Crippen molar-refractivity contribution in [3.05, 3.63) is 40.8 Å². The summed E-state index contributed by atoms with van der Waals surface area (Å²) in [4.78, 5) is 15.8. The summed E-state index contributed by atoms with van der Waals surface area (Å²) in [5, 5.41) is 8.59. The standard InChI is InChI=1S/C12H14N2O3/c15-6-8-17-7-5-14-11-4-2-1-3-10(11)13-9-12(14)16/h1-4,9,15H,5-8H2. The van der Waals surface area contributed by atoms with E-state index in [-0.39, 0.29) is 18.8 Å². The number of rotatable bonds is 5. The van der Waals surface area contributed by atoms with E-state index in [4.69, 9.17) is 9.84 Å². The molecule has 0 bridgehead atoms. The molecule has 2 rings (SSSR count). The molecule has 0 saturated heterocycles. The predicted octanol–water partition coefficient (Wildman–Crippen LogP) is 0.405. The molecule has 1 aromatic heterocycles. The van der Waals surface area contributed by atoms with Crippen molar-refractivity contribution >= 4 is 11.0 Å². The Kier molecular flexibility index (Phi) is 3.85. The van der Waals surface area contributed by atoms with E-state index in [1.807, 2.05) is 24.3 Å². The zero-order valence-corrected chi connectivity index (χ0v) is 9.37. The van der Waals surface area contributed by atoms with Crippen LogP contribution < -0.4 is 5.56 Å². The fourth-order valence-corrected chi connectivity index (χ4v) is 1.67. The van der Waals surface area contributed by atoms with Gasteiger partial charge in [0, 0.05) is 6.54 Å². The third-order valence-electron chi connectivity index (χ3n) is 2.45. The van der Waals surface area contributed by atoms with Crippen LogP contribution in [-0.2, 0) is 11.3 Å². The van der Waals surface area contributed by atoms with Crippen molar-refractivity contribution in [1.29, 1.82) is 0 Å². The van der Waals surface area contributed by atoms with Gasteiger partial charge in [-0.25, -0.2) is 4.98 Å². The summed E-state index contributed by atoms with van der Waals surface area (Å²) in [6, 6.07) is 7.47. The van der Waals surface area contributed by atoms with Crippen molar-refractivity contribution in [2.24, 2.45) is 0 Å². The van der Waals surface area contributed by atoms with E-state index >= 15 is 0 Å². The quantitative estimate of drug-likeness (QED) is 0.761. The fourth-order valence-electron chi connectivity index (χ4n) is 1.67. The number of para-hydroxylation sites is 2. The first kappa shape index (κ1) is 11.8. The Morgan fingerprint density at radius 3 is 2.94 bits per heavy atom. The van der Waals surface area contributed by atoms with E-state index in [9.17, 15) is 4.79 Å². The summed E-state index contributed by atoms with van der Waals surface area (Å²) in [6.45, 7) is 1.14. The van der Waals surface area contributed by atoms with Crippen molar-refractivity contribution in [3.63, 3.8) is 0 Å². The molecular formula is C12H14N2O3. The van der Waals surface area contributed by atoms with Crippen LogP contribution >= 0.6 is 0 Å². The first-order chi connectivity index (χ1) is 8.33. The highest BCUT2D eigenvalue weighted by molar-refractivity contribution is 5.74. The van der Waals surface area contributed by atoms with Crippen LogP contribution in [0.1, 0.15) is 0 Å². The van der Waals surface area contributed by atoms with Gasteiger partial charge in [0.25, 0.3) is 5.56 Å². The number of hydrogen-bond acceptors (Lipinski definition) is 4. The molecule has 90 valence electrons. The van der Waals surface area contributed by atoms with Crippen LogP contribution in [0.4, 0.5) is 0 Å². The van der Waals surface area contributed by atoms with E-state index in [0.29, 0.717) is 13.2 Å². The monoisotopic (exact) mass is 234 g/mol. The first-order valence-corrected chi connectivity index (χ1v) is 5.46. The Balaban J connectivity index is 2.25. The average molecular weight is 234 g/mol. The van der Waals surface area contributed by atoms with Gasteiger partial charge in [-0.3, -0.25) is 4.79 Å². The van der Waals surface area contributed by atoms with E-state index in [2.05, 4.69) is 4.98 Å². The SMILES string of the molecule is O=c1cnc2ccccc2n1CCOCCO. The van der Waals surface area contributed by atoms with Crippen LogP contribution in [0.3, 0.4) is 0 Å². The number of aliphatic hydroxyl groups excluding tert-OH is 1. The van der Waals surface area contributed by atoms with Crippen molar-refractivity contribution < 1.29 is 9.84 Å². The number of aliphatic hydroxyl groups is 1. The van der Waals surface area contributed by atoms with Gasteiger partial charge in [0.15, 0.2) is 0 Å². The van der Waals surface area contributed by atoms with Crippen molar-refractivity contribution in [1.82, 2.24) is 9.55 Å². The van der Waals surface area contributed by atoms with E-state index < -0.39 is 0 Å². The lowest BCUT2D eigenvalue weighted by atomic mass is 10.3. The smallest absolute Gasteiger partial charge is 0.269 e. The topological polar surface area (TPSA) is 64.4 Å². The van der Waals surface area contributed by atoms with E-state index in [0.717, 1.165) is 11.0 Å². The molecule has 5 heteroatoms. The molecule has 1 aromatic carbocycles. The van der Waals surface area contributed by atoms with Gasteiger partial charge < -0.3 is 14.4 Å². The van der Waals surface area contributed by atoms with Crippen LogP contribution in [0, 0.1) is 0 Å². The lowest BCUT2D eigenvalue weighted by Crippen LogP contribution is -2.23. The summed E-state index contributed by atoms with van der Waals surface area (Å²) in [5.74, 6) is 0. The molecule has 0 amide bonds. The largest absolute Gasteiger partial charge is 0.394 e. The fraction of sp³-hybridized carbons (Fsp3) is 0.333. The highest BCUT2D eigenvalue weighted by Crippen LogP contribution is 2.07. The molecule has 1 N–H and O–H groups in total. The molecule has 0 spiro atoms.